The molecular weight excluding hydrogens is 334 g/mol. The molecule has 0 bridgehead atoms. The lowest BCUT2D eigenvalue weighted by Crippen LogP contribution is -2.24. The van der Waals surface area contributed by atoms with Gasteiger partial charge in [0.05, 0.1) is 11.3 Å². The summed E-state index contributed by atoms with van der Waals surface area (Å²) in [6.45, 7) is -0.287. The van der Waals surface area contributed by atoms with Gasteiger partial charge in [0.1, 0.15) is 5.82 Å². The second kappa shape index (κ2) is 6.67. The van der Waals surface area contributed by atoms with Gasteiger partial charge >= 0.3 is 6.18 Å². The number of hydrogen-bond acceptors (Lipinski definition) is 2. The maximum Gasteiger partial charge on any atom is 0.419 e. The van der Waals surface area contributed by atoms with E-state index < -0.39 is 27.6 Å². The van der Waals surface area contributed by atoms with Crippen LogP contribution in [0.5, 0.6) is 0 Å². The summed E-state index contributed by atoms with van der Waals surface area (Å²) in [6, 6.07) is 10.7. The topological polar surface area (TPSA) is 46.2 Å². The first-order chi connectivity index (χ1) is 10.7. The van der Waals surface area contributed by atoms with Crippen LogP contribution in [-0.2, 0) is 28.5 Å². The lowest BCUT2D eigenvalue weighted by molar-refractivity contribution is -0.140. The van der Waals surface area contributed by atoms with E-state index in [9.17, 15) is 26.0 Å². The molecule has 0 radical (unpaired) electrons. The van der Waals surface area contributed by atoms with Crippen LogP contribution in [-0.4, -0.2) is 8.42 Å². The molecule has 0 saturated heterocycles. The standard InChI is InChI=1S/C15H13F4NO2S/c16-14-8-12(6-7-13(14)15(17,18)19)9-20-23(21,22)10-11-4-2-1-3-5-11/h1-8,20H,9-10H2. The van der Waals surface area contributed by atoms with Crippen LogP contribution in [0.2, 0.25) is 0 Å². The molecule has 0 unspecified atom stereocenters. The third kappa shape index (κ3) is 5.04. The molecule has 124 valence electrons. The molecule has 0 aliphatic heterocycles. The summed E-state index contributed by atoms with van der Waals surface area (Å²) in [5, 5.41) is 0. The van der Waals surface area contributed by atoms with Crippen molar-refractivity contribution in [1.29, 1.82) is 0 Å². The molecule has 23 heavy (non-hydrogen) atoms. The molecule has 0 heterocycles. The van der Waals surface area contributed by atoms with Gasteiger partial charge in [0.15, 0.2) is 0 Å². The molecule has 2 rings (SSSR count). The molecule has 0 aliphatic carbocycles. The Bertz CT molecular complexity index is 774. The fraction of sp³-hybridized carbons (Fsp3) is 0.200. The van der Waals surface area contributed by atoms with Crippen molar-refractivity contribution < 1.29 is 26.0 Å². The number of nitrogens with one attached hydrogen (secondary N) is 1. The molecule has 2 aromatic carbocycles. The Labute approximate surface area is 131 Å². The van der Waals surface area contributed by atoms with Crippen molar-refractivity contribution in [3.63, 3.8) is 0 Å². The number of alkyl halides is 3. The maximum absolute atomic E-state index is 13.4. The van der Waals surface area contributed by atoms with E-state index in [1.165, 1.54) is 0 Å². The van der Waals surface area contributed by atoms with Gasteiger partial charge in [-0.2, -0.15) is 13.2 Å². The van der Waals surface area contributed by atoms with Gasteiger partial charge in [0.25, 0.3) is 0 Å². The Balaban J connectivity index is 2.04. The van der Waals surface area contributed by atoms with Crippen molar-refractivity contribution in [3.05, 3.63) is 71.0 Å². The lowest BCUT2D eigenvalue weighted by atomic mass is 10.1. The van der Waals surface area contributed by atoms with Crippen molar-refractivity contribution in [1.82, 2.24) is 4.72 Å². The van der Waals surface area contributed by atoms with E-state index >= 15 is 0 Å². The van der Waals surface area contributed by atoms with Gasteiger partial charge < -0.3 is 0 Å². The lowest BCUT2D eigenvalue weighted by Gasteiger charge is -2.10. The zero-order chi connectivity index (χ0) is 17.1. The van der Waals surface area contributed by atoms with Crippen molar-refractivity contribution in [2.75, 3.05) is 0 Å². The Morgan fingerprint density at radius 1 is 0.957 bits per heavy atom. The van der Waals surface area contributed by atoms with E-state index in [0.29, 0.717) is 17.7 Å². The van der Waals surface area contributed by atoms with Crippen LogP contribution in [0.1, 0.15) is 16.7 Å². The average molecular weight is 347 g/mol. The zero-order valence-electron chi connectivity index (χ0n) is 11.8. The molecule has 1 N–H and O–H groups in total. The fourth-order valence-electron chi connectivity index (χ4n) is 1.94. The highest BCUT2D eigenvalue weighted by molar-refractivity contribution is 7.88. The summed E-state index contributed by atoms with van der Waals surface area (Å²) in [7, 11) is -3.68. The summed E-state index contributed by atoms with van der Waals surface area (Å²) < 4.78 is 76.8. The first-order valence-electron chi connectivity index (χ1n) is 6.54. The van der Waals surface area contributed by atoms with Crippen molar-refractivity contribution >= 4 is 10.0 Å². The third-order valence-corrected chi connectivity index (χ3v) is 4.33. The first kappa shape index (κ1) is 17.4. The highest BCUT2D eigenvalue weighted by Gasteiger charge is 2.33. The van der Waals surface area contributed by atoms with Gasteiger partial charge in [0.2, 0.25) is 10.0 Å². The van der Waals surface area contributed by atoms with Crippen LogP contribution < -0.4 is 4.72 Å². The maximum atomic E-state index is 13.4. The SMILES string of the molecule is O=S(=O)(Cc1ccccc1)NCc1ccc(C(F)(F)F)c(F)c1. The molecular formula is C15H13F4NO2S. The Hall–Kier alpha value is -1.93. The van der Waals surface area contributed by atoms with Crippen LogP contribution in [0.3, 0.4) is 0 Å². The second-order valence-electron chi connectivity index (χ2n) is 4.88. The average Bonchev–Trinajstić information content (AvgIpc) is 2.44. The number of benzene rings is 2. The van der Waals surface area contributed by atoms with Crippen LogP contribution in [0.15, 0.2) is 48.5 Å². The highest BCUT2D eigenvalue weighted by atomic mass is 32.2. The number of halogens is 4. The predicted molar refractivity (Wildman–Crippen MR) is 77.3 cm³/mol. The molecule has 0 aliphatic rings. The van der Waals surface area contributed by atoms with Gasteiger partial charge in [-0.25, -0.2) is 17.5 Å². The Kier molecular flexibility index (Phi) is 5.06. The summed E-state index contributed by atoms with van der Waals surface area (Å²) in [5.74, 6) is -1.70. The van der Waals surface area contributed by atoms with Crippen LogP contribution in [0.4, 0.5) is 17.6 Å². The molecule has 0 aromatic heterocycles. The van der Waals surface area contributed by atoms with E-state index in [1.807, 2.05) is 0 Å². The van der Waals surface area contributed by atoms with E-state index in [-0.39, 0.29) is 17.9 Å². The molecule has 0 spiro atoms. The second-order valence-corrected chi connectivity index (χ2v) is 6.68. The number of hydrogen-bond donors (Lipinski definition) is 1. The quantitative estimate of drug-likeness (QED) is 0.842. The van der Waals surface area contributed by atoms with Crippen LogP contribution >= 0.6 is 0 Å². The summed E-state index contributed by atoms with van der Waals surface area (Å²) >= 11 is 0. The molecule has 2 aromatic rings. The van der Waals surface area contributed by atoms with Gasteiger partial charge in [-0.1, -0.05) is 36.4 Å². The minimum Gasteiger partial charge on any atom is -0.212 e. The monoisotopic (exact) mass is 347 g/mol. The molecule has 0 fully saturated rings. The van der Waals surface area contributed by atoms with E-state index in [0.717, 1.165) is 6.07 Å². The van der Waals surface area contributed by atoms with Crippen LogP contribution in [0, 0.1) is 5.82 Å². The van der Waals surface area contributed by atoms with E-state index in [1.54, 1.807) is 30.3 Å². The molecule has 3 nitrogen and oxygen atoms in total. The predicted octanol–water partition coefficient (Wildman–Crippen LogP) is 3.46. The molecule has 0 amide bonds. The fourth-order valence-corrected chi connectivity index (χ4v) is 3.06. The Morgan fingerprint density at radius 3 is 2.17 bits per heavy atom. The minimum absolute atomic E-state index is 0.104. The summed E-state index contributed by atoms with van der Waals surface area (Å²) in [5.41, 5.74) is -0.709. The number of rotatable bonds is 5. The Morgan fingerprint density at radius 2 is 1.61 bits per heavy atom. The van der Waals surface area contributed by atoms with Gasteiger partial charge in [-0.15, -0.1) is 0 Å². The third-order valence-electron chi connectivity index (χ3n) is 3.03. The molecule has 0 atom stereocenters. The van der Waals surface area contributed by atoms with Crippen molar-refractivity contribution in [2.45, 2.75) is 18.5 Å². The molecule has 0 saturated carbocycles. The van der Waals surface area contributed by atoms with Gasteiger partial charge in [0, 0.05) is 6.54 Å². The highest BCUT2D eigenvalue weighted by Crippen LogP contribution is 2.31. The largest absolute Gasteiger partial charge is 0.419 e. The number of sulfonamides is 1. The van der Waals surface area contributed by atoms with Crippen LogP contribution in [0.25, 0.3) is 0 Å². The van der Waals surface area contributed by atoms with Gasteiger partial charge in [-0.05, 0) is 23.3 Å². The first-order valence-corrected chi connectivity index (χ1v) is 8.19. The molecule has 8 heteroatoms. The van der Waals surface area contributed by atoms with Crippen molar-refractivity contribution in [2.24, 2.45) is 0 Å². The minimum atomic E-state index is -4.78. The van der Waals surface area contributed by atoms with Gasteiger partial charge in [-0.3, -0.25) is 0 Å². The van der Waals surface area contributed by atoms with E-state index in [2.05, 4.69) is 4.72 Å². The summed E-state index contributed by atoms with van der Waals surface area (Å²) in [6.07, 6.45) is -4.78. The van der Waals surface area contributed by atoms with Crippen molar-refractivity contribution in [3.8, 4) is 0 Å². The summed E-state index contributed by atoms with van der Waals surface area (Å²) in [4.78, 5) is 0. The zero-order valence-corrected chi connectivity index (χ0v) is 12.6. The smallest absolute Gasteiger partial charge is 0.212 e. The normalized spacial score (nSPS) is 12.3. The van der Waals surface area contributed by atoms with E-state index in [4.69, 9.17) is 0 Å².